The summed E-state index contributed by atoms with van der Waals surface area (Å²) < 4.78 is 2.72. The van der Waals surface area contributed by atoms with E-state index in [-0.39, 0.29) is 11.5 Å². The molecule has 2 aliphatic rings. The van der Waals surface area contributed by atoms with Gasteiger partial charge in [-0.2, -0.15) is 10.1 Å². The maximum atomic E-state index is 13.2. The number of para-hydroxylation sites is 1. The number of aromatic nitrogens is 1. The first-order valence-corrected chi connectivity index (χ1v) is 11.5. The van der Waals surface area contributed by atoms with Crippen molar-refractivity contribution in [2.45, 2.75) is 11.8 Å². The average molecular weight is 469 g/mol. The highest BCUT2D eigenvalue weighted by molar-refractivity contribution is 8.08. The molecule has 31 heavy (non-hydrogen) atoms. The molecule has 6 nitrogen and oxygen atoms in total. The van der Waals surface area contributed by atoms with Gasteiger partial charge < -0.3 is 9.47 Å². The Balaban J connectivity index is 1.69. The van der Waals surface area contributed by atoms with Crippen molar-refractivity contribution in [2.75, 3.05) is 17.0 Å². The maximum Gasteiger partial charge on any atom is 0.283 e. The Hall–Kier alpha value is -2.81. The fourth-order valence-electron chi connectivity index (χ4n) is 3.62. The van der Waals surface area contributed by atoms with E-state index in [1.165, 1.54) is 32.7 Å². The zero-order valence-electron chi connectivity index (χ0n) is 16.9. The molecule has 1 aromatic heterocycles. The molecule has 0 unspecified atom stereocenters. The van der Waals surface area contributed by atoms with E-state index in [0.29, 0.717) is 31.2 Å². The van der Waals surface area contributed by atoms with Crippen LogP contribution in [0.1, 0.15) is 6.92 Å². The van der Waals surface area contributed by atoms with Gasteiger partial charge in [0.2, 0.25) is 0 Å². The highest BCUT2D eigenvalue weighted by Crippen LogP contribution is 2.46. The Morgan fingerprint density at radius 2 is 1.77 bits per heavy atom. The van der Waals surface area contributed by atoms with Crippen LogP contribution in [0, 0.1) is 0 Å². The van der Waals surface area contributed by atoms with Crippen LogP contribution in [-0.2, 0) is 11.8 Å². The number of hydrogen-bond acceptors (Lipinski definition) is 6. The van der Waals surface area contributed by atoms with Crippen molar-refractivity contribution in [3.8, 4) is 0 Å². The number of thiazole rings is 1. The third kappa shape index (κ3) is 3.13. The number of benzene rings is 2. The zero-order chi connectivity index (χ0) is 21.9. The molecule has 0 radical (unpaired) electrons. The van der Waals surface area contributed by atoms with Gasteiger partial charge in [0.15, 0.2) is 0 Å². The molecule has 0 bridgehead atoms. The van der Waals surface area contributed by atoms with E-state index in [1.54, 1.807) is 14.0 Å². The molecule has 3 aromatic rings. The normalized spacial score (nSPS) is 19.2. The van der Waals surface area contributed by atoms with Crippen molar-refractivity contribution >= 4 is 68.3 Å². The largest absolute Gasteiger partial charge is 0.337 e. The number of anilines is 2. The number of nitrogens with zero attached hydrogens (tertiary/aromatic N) is 4. The molecule has 0 aliphatic carbocycles. The van der Waals surface area contributed by atoms with Crippen LogP contribution in [0.15, 0.2) is 63.3 Å². The topological polar surface area (TPSA) is 57.9 Å². The quantitative estimate of drug-likeness (QED) is 0.551. The fraction of sp³-hybridized carbons (Fsp3) is 0.136. The molecule has 5 rings (SSSR count). The van der Waals surface area contributed by atoms with Crippen LogP contribution in [0.3, 0.4) is 0 Å². The average Bonchev–Trinajstić information content (AvgIpc) is 3.35. The predicted octanol–water partition coefficient (Wildman–Crippen LogP) is 2.98. The number of amides is 1. The van der Waals surface area contributed by atoms with Crippen molar-refractivity contribution < 1.29 is 4.79 Å². The Kier molecular flexibility index (Phi) is 4.80. The second-order valence-corrected chi connectivity index (χ2v) is 9.66. The summed E-state index contributed by atoms with van der Waals surface area (Å²) in [5.41, 5.74) is 2.55. The minimum absolute atomic E-state index is 0.139. The van der Waals surface area contributed by atoms with E-state index < -0.39 is 0 Å². The monoisotopic (exact) mass is 468 g/mol. The van der Waals surface area contributed by atoms with Crippen LogP contribution in [0.5, 0.6) is 0 Å². The van der Waals surface area contributed by atoms with E-state index in [1.807, 2.05) is 60.5 Å². The summed E-state index contributed by atoms with van der Waals surface area (Å²) in [6.45, 7) is 1.79. The summed E-state index contributed by atoms with van der Waals surface area (Å²) >= 11 is 9.00. The molecule has 0 saturated carbocycles. The molecule has 2 aliphatic heterocycles. The summed E-state index contributed by atoms with van der Waals surface area (Å²) in [7, 11) is 3.61. The summed E-state index contributed by atoms with van der Waals surface area (Å²) in [5, 5.41) is 7.31. The molecular weight excluding hydrogens is 452 g/mol. The van der Waals surface area contributed by atoms with Crippen LogP contribution >= 0.6 is 34.7 Å². The molecule has 1 amide bonds. The lowest BCUT2D eigenvalue weighted by atomic mass is 10.2. The number of carbonyl (C=O) groups excluding carboxylic acids is 1. The summed E-state index contributed by atoms with van der Waals surface area (Å²) in [6.07, 6.45) is 0. The molecule has 2 aromatic carbocycles. The first-order valence-electron chi connectivity index (χ1n) is 9.47. The van der Waals surface area contributed by atoms with Gasteiger partial charge in [-0.15, -0.1) is 11.3 Å². The number of rotatable bonds is 1. The van der Waals surface area contributed by atoms with Gasteiger partial charge in [0, 0.05) is 24.0 Å². The first kappa shape index (κ1) is 20.1. The van der Waals surface area contributed by atoms with E-state index in [0.717, 1.165) is 15.6 Å². The fourth-order valence-corrected chi connectivity index (χ4v) is 6.30. The molecule has 0 atom stereocenters. The SMILES string of the molecule is CC1=NN(c2ccccc2)C(=O)/C1=c1/s/c(=C2\Sc3ccc(Cl)cc3N2C)c(=O)n1C. The molecule has 0 fully saturated rings. The van der Waals surface area contributed by atoms with E-state index in [2.05, 4.69) is 5.10 Å². The summed E-state index contributed by atoms with van der Waals surface area (Å²) in [4.78, 5) is 29.4. The van der Waals surface area contributed by atoms with Crippen molar-refractivity contribution in [1.82, 2.24) is 4.57 Å². The highest BCUT2D eigenvalue weighted by Gasteiger charge is 2.31. The minimum atomic E-state index is -0.236. The molecule has 0 spiro atoms. The Labute approximate surface area is 191 Å². The van der Waals surface area contributed by atoms with Gasteiger partial charge in [-0.25, -0.2) is 0 Å². The van der Waals surface area contributed by atoms with Crippen molar-refractivity contribution in [3.05, 3.63) is 73.1 Å². The van der Waals surface area contributed by atoms with Gasteiger partial charge in [0.05, 0.1) is 22.7 Å². The third-order valence-corrected chi connectivity index (χ3v) is 8.07. The van der Waals surface area contributed by atoms with E-state index in [4.69, 9.17) is 11.6 Å². The van der Waals surface area contributed by atoms with Crippen molar-refractivity contribution in [1.29, 1.82) is 0 Å². The number of fused-ring (bicyclic) bond motifs is 1. The predicted molar refractivity (Wildman–Crippen MR) is 128 cm³/mol. The summed E-state index contributed by atoms with van der Waals surface area (Å²) in [5.74, 6) is -0.236. The highest BCUT2D eigenvalue weighted by atomic mass is 35.5. The standard InChI is InChI=1S/C22H17ClN4O2S2/c1-12-17(19(28)27(24-12)14-7-5-4-6-8-14)21-26(3)20(29)18(31-21)22-25(2)15-11-13(23)9-10-16(15)30-22/h4-11H,1-3H3/b21-17+,22-18-. The second-order valence-electron chi connectivity index (χ2n) is 7.19. The minimum Gasteiger partial charge on any atom is -0.337 e. The molecule has 156 valence electrons. The number of thioether (sulfide) groups is 1. The van der Waals surface area contributed by atoms with Crippen LogP contribution < -0.4 is 24.7 Å². The molecule has 9 heteroatoms. The lowest BCUT2D eigenvalue weighted by molar-refractivity contribution is -0.112. The van der Waals surface area contributed by atoms with E-state index in [9.17, 15) is 9.59 Å². The maximum absolute atomic E-state index is 13.2. The Bertz CT molecular complexity index is 1460. The van der Waals surface area contributed by atoms with Gasteiger partial charge in [0.1, 0.15) is 14.2 Å². The van der Waals surface area contributed by atoms with Crippen LogP contribution in [0.2, 0.25) is 5.02 Å². The lowest BCUT2D eigenvalue weighted by Gasteiger charge is -2.12. The van der Waals surface area contributed by atoms with Gasteiger partial charge >= 0.3 is 0 Å². The summed E-state index contributed by atoms with van der Waals surface area (Å²) in [6, 6.07) is 15.0. The van der Waals surface area contributed by atoms with Crippen LogP contribution in [0.25, 0.3) is 10.6 Å². The number of hydrogen-bond donors (Lipinski definition) is 0. The zero-order valence-corrected chi connectivity index (χ0v) is 19.3. The second kappa shape index (κ2) is 7.40. The molecule has 0 N–H and O–H groups in total. The number of hydrazone groups is 1. The van der Waals surface area contributed by atoms with E-state index >= 15 is 0 Å². The van der Waals surface area contributed by atoms with Crippen LogP contribution in [-0.4, -0.2) is 23.2 Å². The third-order valence-electron chi connectivity index (χ3n) is 5.22. The smallest absolute Gasteiger partial charge is 0.283 e. The first-order chi connectivity index (χ1) is 14.9. The lowest BCUT2D eigenvalue weighted by Crippen LogP contribution is -2.33. The number of halogens is 1. The van der Waals surface area contributed by atoms with Crippen LogP contribution in [0.4, 0.5) is 11.4 Å². The number of carbonyl (C=O) groups is 1. The Morgan fingerprint density at radius 3 is 2.52 bits per heavy atom. The van der Waals surface area contributed by atoms with Gasteiger partial charge in [-0.3, -0.25) is 9.59 Å². The van der Waals surface area contributed by atoms with Crippen molar-refractivity contribution in [2.24, 2.45) is 12.1 Å². The molecule has 3 heterocycles. The van der Waals surface area contributed by atoms with Crippen molar-refractivity contribution in [3.63, 3.8) is 0 Å². The van der Waals surface area contributed by atoms with Gasteiger partial charge in [0.25, 0.3) is 11.5 Å². The molecular formula is C22H17ClN4O2S2. The van der Waals surface area contributed by atoms with Gasteiger partial charge in [-0.1, -0.05) is 41.6 Å². The van der Waals surface area contributed by atoms with Gasteiger partial charge in [-0.05, 0) is 37.3 Å². The Morgan fingerprint density at radius 1 is 1.03 bits per heavy atom. The molecule has 0 saturated heterocycles.